The lowest BCUT2D eigenvalue weighted by molar-refractivity contribution is 0.00308. The van der Waals surface area contributed by atoms with Crippen LogP contribution in [0.3, 0.4) is 0 Å². The Labute approximate surface area is 164 Å². The third kappa shape index (κ3) is 5.56. The smallest absolute Gasteiger partial charge is 0.319 e. The van der Waals surface area contributed by atoms with Crippen molar-refractivity contribution in [2.24, 2.45) is 5.92 Å². The largest absolute Gasteiger partial charge is 0.477 e. The molecule has 27 heavy (non-hydrogen) atoms. The van der Waals surface area contributed by atoms with Crippen LogP contribution in [0.4, 0.5) is 10.5 Å². The maximum atomic E-state index is 12.1. The lowest BCUT2D eigenvalue weighted by Crippen LogP contribution is -2.44. The fraction of sp³-hybridized carbons (Fsp3) is 0.368. The van der Waals surface area contributed by atoms with Crippen molar-refractivity contribution in [1.82, 2.24) is 10.3 Å². The monoisotopic (exact) mass is 393 g/mol. The zero-order valence-electron chi connectivity index (χ0n) is 14.9. The number of para-hydroxylation sites is 1. The van der Waals surface area contributed by atoms with Crippen LogP contribution in [-0.2, 0) is 0 Å². The van der Waals surface area contributed by atoms with E-state index in [4.69, 9.17) is 4.74 Å². The van der Waals surface area contributed by atoms with Gasteiger partial charge in [0.15, 0.2) is 0 Å². The Morgan fingerprint density at radius 3 is 2.59 bits per heavy atom. The number of aliphatic hydroxyl groups is 2. The van der Waals surface area contributed by atoms with Gasteiger partial charge in [0, 0.05) is 23.4 Å². The number of nitrogens with zero attached hydrogens (tertiary/aromatic N) is 1. The molecule has 0 spiro atoms. The Morgan fingerprint density at radius 1 is 1.15 bits per heavy atom. The first-order valence-electron chi connectivity index (χ1n) is 8.58. The molecule has 2 aromatic rings. The molecule has 3 rings (SSSR count). The number of nitrogens with one attached hydrogen (secondary N) is 2. The molecular weight excluding hydrogens is 370 g/mol. The SMILES string of the molecule is Cc1cccc(OC[C@H]2C[C@@H](NC(=O)Nc3ccccc3)[C@H](O)[C@@H]2O)n1.Cl. The highest BCUT2D eigenvalue weighted by molar-refractivity contribution is 5.89. The molecule has 0 unspecified atom stereocenters. The third-order valence-electron chi connectivity index (χ3n) is 4.46. The van der Waals surface area contributed by atoms with E-state index in [1.54, 1.807) is 18.2 Å². The molecule has 1 aromatic heterocycles. The molecule has 0 aliphatic heterocycles. The molecule has 0 radical (unpaired) electrons. The fourth-order valence-electron chi connectivity index (χ4n) is 3.08. The molecule has 1 fully saturated rings. The molecule has 0 saturated heterocycles. The van der Waals surface area contributed by atoms with E-state index in [0.717, 1.165) is 5.69 Å². The molecule has 1 saturated carbocycles. The van der Waals surface area contributed by atoms with E-state index in [2.05, 4.69) is 15.6 Å². The second kappa shape index (κ2) is 9.55. The van der Waals surface area contributed by atoms with Gasteiger partial charge in [-0.1, -0.05) is 24.3 Å². The van der Waals surface area contributed by atoms with E-state index in [-0.39, 0.29) is 24.9 Å². The van der Waals surface area contributed by atoms with Crippen LogP contribution in [-0.4, -0.2) is 46.1 Å². The van der Waals surface area contributed by atoms with Crippen molar-refractivity contribution in [3.8, 4) is 5.88 Å². The minimum Gasteiger partial charge on any atom is -0.477 e. The summed E-state index contributed by atoms with van der Waals surface area (Å²) >= 11 is 0. The van der Waals surface area contributed by atoms with Crippen LogP contribution in [0.1, 0.15) is 12.1 Å². The zero-order chi connectivity index (χ0) is 18.5. The van der Waals surface area contributed by atoms with Crippen molar-refractivity contribution in [3.63, 3.8) is 0 Å². The molecule has 1 heterocycles. The summed E-state index contributed by atoms with van der Waals surface area (Å²) in [5.74, 6) is 0.180. The van der Waals surface area contributed by atoms with Crippen LogP contribution in [0, 0.1) is 12.8 Å². The minimum atomic E-state index is -1.05. The van der Waals surface area contributed by atoms with Crippen molar-refractivity contribution < 1.29 is 19.7 Å². The third-order valence-corrected chi connectivity index (χ3v) is 4.46. The van der Waals surface area contributed by atoms with E-state index in [1.807, 2.05) is 37.3 Å². The fourth-order valence-corrected chi connectivity index (χ4v) is 3.08. The van der Waals surface area contributed by atoms with Crippen LogP contribution in [0.5, 0.6) is 5.88 Å². The zero-order valence-corrected chi connectivity index (χ0v) is 15.7. The van der Waals surface area contributed by atoms with Gasteiger partial charge >= 0.3 is 6.03 Å². The number of rotatable bonds is 5. The van der Waals surface area contributed by atoms with Crippen molar-refractivity contribution in [1.29, 1.82) is 0 Å². The maximum Gasteiger partial charge on any atom is 0.319 e. The van der Waals surface area contributed by atoms with Gasteiger partial charge in [-0.2, -0.15) is 0 Å². The number of ether oxygens (including phenoxy) is 1. The highest BCUT2D eigenvalue weighted by Gasteiger charge is 2.42. The second-order valence-corrected chi connectivity index (χ2v) is 6.48. The van der Waals surface area contributed by atoms with Crippen molar-refractivity contribution in [2.75, 3.05) is 11.9 Å². The summed E-state index contributed by atoms with van der Waals surface area (Å²) in [5.41, 5.74) is 1.50. The lowest BCUT2D eigenvalue weighted by Gasteiger charge is -2.18. The summed E-state index contributed by atoms with van der Waals surface area (Å²) in [4.78, 5) is 16.3. The highest BCUT2D eigenvalue weighted by atomic mass is 35.5. The predicted molar refractivity (Wildman–Crippen MR) is 104 cm³/mol. The van der Waals surface area contributed by atoms with Crippen LogP contribution in [0.2, 0.25) is 0 Å². The molecule has 1 aromatic carbocycles. The predicted octanol–water partition coefficient (Wildman–Crippen LogP) is 2.12. The topological polar surface area (TPSA) is 104 Å². The highest BCUT2D eigenvalue weighted by Crippen LogP contribution is 2.27. The van der Waals surface area contributed by atoms with E-state index in [9.17, 15) is 15.0 Å². The van der Waals surface area contributed by atoms with Gasteiger partial charge in [0.05, 0.1) is 18.8 Å². The van der Waals surface area contributed by atoms with E-state index in [0.29, 0.717) is 18.0 Å². The number of hydrogen-bond donors (Lipinski definition) is 4. The van der Waals surface area contributed by atoms with Gasteiger partial charge in [-0.3, -0.25) is 0 Å². The van der Waals surface area contributed by atoms with Gasteiger partial charge in [0.2, 0.25) is 5.88 Å². The molecule has 4 N–H and O–H groups in total. The Kier molecular flexibility index (Phi) is 7.41. The molecule has 8 heteroatoms. The molecule has 1 aliphatic rings. The first-order valence-corrected chi connectivity index (χ1v) is 8.58. The minimum absolute atomic E-state index is 0. The van der Waals surface area contributed by atoms with Crippen LogP contribution < -0.4 is 15.4 Å². The standard InChI is InChI=1S/C19H23N3O4.ClH/c1-12-6-5-9-16(20-12)26-11-13-10-15(18(24)17(13)23)22-19(25)21-14-7-3-2-4-8-14;/h2-9,13,15,17-18,23-24H,10-11H2,1H3,(H2,21,22,25);1H/t13-,15-,17-,18+;/m1./s1. The Hall–Kier alpha value is -2.35. The molecule has 146 valence electrons. The number of aromatic nitrogens is 1. The summed E-state index contributed by atoms with van der Waals surface area (Å²) < 4.78 is 5.63. The van der Waals surface area contributed by atoms with E-state index >= 15 is 0 Å². The number of benzene rings is 1. The summed E-state index contributed by atoms with van der Waals surface area (Å²) in [7, 11) is 0. The van der Waals surface area contributed by atoms with Crippen LogP contribution in [0.25, 0.3) is 0 Å². The van der Waals surface area contributed by atoms with Gasteiger partial charge in [-0.15, -0.1) is 12.4 Å². The first kappa shape index (κ1) is 21.0. The molecular formula is C19H24ClN3O4. The summed E-state index contributed by atoms with van der Waals surface area (Å²) in [6, 6.07) is 13.5. The second-order valence-electron chi connectivity index (χ2n) is 6.48. The van der Waals surface area contributed by atoms with Crippen molar-refractivity contribution in [3.05, 3.63) is 54.2 Å². The molecule has 1 aliphatic carbocycles. The average Bonchev–Trinajstić information content (AvgIpc) is 2.89. The van der Waals surface area contributed by atoms with Crippen LogP contribution >= 0.6 is 12.4 Å². The number of pyridine rings is 1. The van der Waals surface area contributed by atoms with Gasteiger partial charge in [-0.25, -0.2) is 9.78 Å². The number of halogens is 1. The van der Waals surface area contributed by atoms with Gasteiger partial charge in [0.1, 0.15) is 6.10 Å². The average molecular weight is 394 g/mol. The first-order chi connectivity index (χ1) is 12.5. The molecule has 7 nitrogen and oxygen atoms in total. The molecule has 2 amide bonds. The number of aryl methyl sites for hydroxylation is 1. The normalized spacial score (nSPS) is 24.0. The number of aliphatic hydroxyl groups excluding tert-OH is 2. The quantitative estimate of drug-likeness (QED) is 0.623. The summed E-state index contributed by atoms with van der Waals surface area (Å²) in [5, 5.41) is 25.9. The number of carbonyl (C=O) groups excluding carboxylic acids is 1. The number of urea groups is 1. The summed E-state index contributed by atoms with van der Waals surface area (Å²) in [6.07, 6.45) is -1.60. The Morgan fingerprint density at radius 2 is 1.89 bits per heavy atom. The van der Waals surface area contributed by atoms with Gasteiger partial charge < -0.3 is 25.6 Å². The maximum absolute atomic E-state index is 12.1. The number of anilines is 1. The Bertz CT molecular complexity index is 747. The van der Waals surface area contributed by atoms with E-state index < -0.39 is 24.3 Å². The van der Waals surface area contributed by atoms with Crippen LogP contribution in [0.15, 0.2) is 48.5 Å². The van der Waals surface area contributed by atoms with Gasteiger partial charge in [0.25, 0.3) is 0 Å². The number of carbonyl (C=O) groups is 1. The number of hydrogen-bond acceptors (Lipinski definition) is 5. The number of amides is 2. The summed E-state index contributed by atoms with van der Waals surface area (Å²) in [6.45, 7) is 2.08. The lowest BCUT2D eigenvalue weighted by atomic mass is 10.1. The van der Waals surface area contributed by atoms with Crippen molar-refractivity contribution >= 4 is 24.1 Å². The Balaban J connectivity index is 0.00000261. The van der Waals surface area contributed by atoms with Crippen molar-refractivity contribution in [2.45, 2.75) is 31.6 Å². The molecule has 0 bridgehead atoms. The van der Waals surface area contributed by atoms with E-state index in [1.165, 1.54) is 0 Å². The van der Waals surface area contributed by atoms with Gasteiger partial charge in [-0.05, 0) is 31.5 Å². The molecule has 4 atom stereocenters.